The highest BCUT2D eigenvalue weighted by atomic mass is 16.8. The number of aromatic nitrogens is 4. The molecule has 0 spiro atoms. The van der Waals surface area contributed by atoms with Gasteiger partial charge in [-0.3, -0.25) is 4.79 Å². The highest BCUT2D eigenvalue weighted by Crippen LogP contribution is 2.58. The number of carboxylic acids is 2. The molecule has 0 aliphatic carbocycles. The molecule has 0 amide bonds. The maximum Gasteiger partial charge on any atom is 0.342 e. The average molecular weight is 563 g/mol. The summed E-state index contributed by atoms with van der Waals surface area (Å²) in [6, 6.07) is 9.43. The van der Waals surface area contributed by atoms with Crippen molar-refractivity contribution in [2.75, 3.05) is 0 Å². The predicted octanol–water partition coefficient (Wildman–Crippen LogP) is -0.495. The van der Waals surface area contributed by atoms with Crippen LogP contribution < -0.4 is 0 Å². The van der Waals surface area contributed by atoms with Gasteiger partial charge >= 0.3 is 17.9 Å². The van der Waals surface area contributed by atoms with Gasteiger partial charge in [-0.25, -0.2) is 9.59 Å². The number of hydrogen-bond donors (Lipinski definition) is 6. The van der Waals surface area contributed by atoms with Gasteiger partial charge in [-0.2, -0.15) is 5.21 Å². The molecule has 2 aromatic rings. The molecule has 6 N–H and O–H groups in total. The Bertz CT molecular complexity index is 1270. The molecule has 40 heavy (non-hydrogen) atoms. The number of carbonyl (C=O) groups excluding carboxylic acids is 1. The highest BCUT2D eigenvalue weighted by Gasteiger charge is 2.84. The van der Waals surface area contributed by atoms with Gasteiger partial charge in [0.15, 0.2) is 11.9 Å². The third kappa shape index (κ3) is 4.54. The molecule has 4 rings (SSSR count). The minimum atomic E-state index is -3.50. The molecule has 216 valence electrons. The van der Waals surface area contributed by atoms with E-state index in [1.165, 1.54) is 6.92 Å². The Morgan fingerprint density at radius 3 is 2.38 bits per heavy atom. The van der Waals surface area contributed by atoms with Crippen LogP contribution in [0.3, 0.4) is 0 Å². The molecule has 2 bridgehead atoms. The summed E-state index contributed by atoms with van der Waals surface area (Å²) in [5.74, 6) is -7.96. The number of nitrogens with one attached hydrogen (secondary N) is 1. The van der Waals surface area contributed by atoms with Gasteiger partial charge in [0.1, 0.15) is 18.3 Å². The van der Waals surface area contributed by atoms with Crippen LogP contribution in [-0.2, 0) is 35.0 Å². The number of tetrazole rings is 1. The van der Waals surface area contributed by atoms with Crippen molar-refractivity contribution >= 4 is 17.9 Å². The number of H-pyrrole nitrogens is 1. The van der Waals surface area contributed by atoms with Crippen LogP contribution >= 0.6 is 0 Å². The largest absolute Gasteiger partial charge is 0.479 e. The number of aliphatic hydroxyl groups excluding tert-OH is 2. The Morgan fingerprint density at radius 1 is 1.15 bits per heavy atom. The lowest BCUT2D eigenvalue weighted by Crippen LogP contribution is -2.74. The number of fused-ring (bicyclic) bond motifs is 2. The SMILES string of the molecule is C=C(CC[C@]12O[C@H](c3nn[nH]n3)[C@@](O)(C(=O)O)[C@](C(=O)O)(O1)[C@H](O)[C@H]2O)[C@H](OC(C)=O)[C@@H](C)Cc1ccccc1. The summed E-state index contributed by atoms with van der Waals surface area (Å²) < 4.78 is 16.8. The first-order valence-electron chi connectivity index (χ1n) is 12.4. The third-order valence-electron chi connectivity index (χ3n) is 7.41. The molecular formula is C25H30N4O11. The Balaban J connectivity index is 1.66. The fourth-order valence-electron chi connectivity index (χ4n) is 5.47. The van der Waals surface area contributed by atoms with Crippen LogP contribution in [0.4, 0.5) is 0 Å². The summed E-state index contributed by atoms with van der Waals surface area (Å²) in [5, 5.41) is 65.8. The number of rotatable bonds is 11. The van der Waals surface area contributed by atoms with Gasteiger partial charge in [0, 0.05) is 19.3 Å². The van der Waals surface area contributed by atoms with E-state index in [1.54, 1.807) is 0 Å². The summed E-state index contributed by atoms with van der Waals surface area (Å²) in [6.07, 6.45) is -7.53. The van der Waals surface area contributed by atoms with Gasteiger partial charge in [-0.1, -0.05) is 49.0 Å². The number of aliphatic carboxylic acids is 2. The van der Waals surface area contributed by atoms with E-state index >= 15 is 0 Å². The molecule has 0 unspecified atom stereocenters. The van der Waals surface area contributed by atoms with E-state index in [-0.39, 0.29) is 18.8 Å². The molecular weight excluding hydrogens is 532 g/mol. The molecule has 1 aromatic heterocycles. The number of esters is 1. The Kier molecular flexibility index (Phi) is 7.79. The molecule has 0 radical (unpaired) electrons. The molecule has 2 fully saturated rings. The van der Waals surface area contributed by atoms with Crippen LogP contribution in [0.2, 0.25) is 0 Å². The van der Waals surface area contributed by atoms with Gasteiger partial charge in [0.25, 0.3) is 0 Å². The second-order valence-corrected chi connectivity index (χ2v) is 10.0. The standard InChI is InChI=1S/C25H30N4O11/c1-12(16(38-14(3)30)13(2)11-15-7-5-4-6-8-15)9-10-23-17(31)18(32)25(40-23,22(35)36)24(37,21(33)34)19(39-23)20-26-28-29-27-20/h4-8,13,16-19,31-32,37H,1,9-11H2,2-3H3,(H,33,34)(H,35,36)(H,26,27,28,29)/t13-,16-,17+,18+,19+,23-,24+,25-/m0/s1. The third-order valence-corrected chi connectivity index (χ3v) is 7.41. The Morgan fingerprint density at radius 2 is 1.82 bits per heavy atom. The maximum atomic E-state index is 12.5. The van der Waals surface area contributed by atoms with Crippen LogP contribution in [0.15, 0.2) is 42.5 Å². The van der Waals surface area contributed by atoms with Crippen molar-refractivity contribution in [1.82, 2.24) is 20.6 Å². The summed E-state index contributed by atoms with van der Waals surface area (Å²) in [5.41, 5.74) is -5.46. The predicted molar refractivity (Wildman–Crippen MR) is 130 cm³/mol. The van der Waals surface area contributed by atoms with Crippen molar-refractivity contribution in [1.29, 1.82) is 0 Å². The molecule has 8 atom stereocenters. The molecule has 2 saturated heterocycles. The second-order valence-electron chi connectivity index (χ2n) is 10.0. The number of carboxylic acid groups (broad SMARTS) is 2. The quantitative estimate of drug-likeness (QED) is 0.150. The van der Waals surface area contributed by atoms with Gasteiger partial charge < -0.3 is 39.7 Å². The number of nitrogens with zero attached hydrogens (tertiary/aromatic N) is 3. The van der Waals surface area contributed by atoms with E-state index in [0.29, 0.717) is 12.0 Å². The Labute approximate surface area is 227 Å². The number of aliphatic hydroxyl groups is 3. The van der Waals surface area contributed by atoms with Crippen molar-refractivity contribution in [3.8, 4) is 0 Å². The van der Waals surface area contributed by atoms with Crippen LogP contribution in [0.1, 0.15) is 44.2 Å². The van der Waals surface area contributed by atoms with Crippen LogP contribution in [0.5, 0.6) is 0 Å². The zero-order valence-electron chi connectivity index (χ0n) is 21.6. The lowest BCUT2D eigenvalue weighted by Gasteiger charge is -2.49. The number of carbonyl (C=O) groups is 3. The van der Waals surface area contributed by atoms with Crippen LogP contribution in [0.25, 0.3) is 0 Å². The zero-order valence-corrected chi connectivity index (χ0v) is 21.6. The minimum Gasteiger partial charge on any atom is -0.479 e. The van der Waals surface area contributed by atoms with Crippen molar-refractivity contribution < 1.29 is 54.1 Å². The molecule has 2 aliphatic heterocycles. The number of aromatic amines is 1. The lowest BCUT2D eigenvalue weighted by atomic mass is 9.74. The van der Waals surface area contributed by atoms with Crippen molar-refractivity contribution in [3.63, 3.8) is 0 Å². The first-order chi connectivity index (χ1) is 18.8. The lowest BCUT2D eigenvalue weighted by molar-refractivity contribution is -0.383. The normalized spacial score (nSPS) is 32.7. The van der Waals surface area contributed by atoms with E-state index < -0.39 is 65.1 Å². The van der Waals surface area contributed by atoms with Gasteiger partial charge in [0.05, 0.1) is 0 Å². The van der Waals surface area contributed by atoms with E-state index in [0.717, 1.165) is 5.56 Å². The van der Waals surface area contributed by atoms with Gasteiger partial charge in [-0.15, -0.1) is 10.2 Å². The monoisotopic (exact) mass is 562 g/mol. The van der Waals surface area contributed by atoms with Gasteiger partial charge in [-0.05, 0) is 24.0 Å². The molecule has 15 nitrogen and oxygen atoms in total. The molecule has 3 heterocycles. The fourth-order valence-corrected chi connectivity index (χ4v) is 5.47. The molecule has 0 saturated carbocycles. The summed E-state index contributed by atoms with van der Waals surface area (Å²) in [6.45, 7) is 7.11. The molecule has 2 aliphatic rings. The van der Waals surface area contributed by atoms with Gasteiger partial charge in [0.2, 0.25) is 17.0 Å². The summed E-state index contributed by atoms with van der Waals surface area (Å²) in [4.78, 5) is 36.7. The van der Waals surface area contributed by atoms with E-state index in [4.69, 9.17) is 14.2 Å². The fraction of sp³-hybridized carbons (Fsp3) is 0.520. The number of hydrogen-bond acceptors (Lipinski definition) is 12. The van der Waals surface area contributed by atoms with E-state index in [1.807, 2.05) is 37.3 Å². The summed E-state index contributed by atoms with van der Waals surface area (Å²) in [7, 11) is 0. The minimum absolute atomic E-state index is 0.0962. The van der Waals surface area contributed by atoms with Crippen molar-refractivity contribution in [2.45, 2.75) is 74.5 Å². The van der Waals surface area contributed by atoms with Crippen LogP contribution in [0, 0.1) is 5.92 Å². The van der Waals surface area contributed by atoms with Crippen molar-refractivity contribution in [2.24, 2.45) is 5.92 Å². The second kappa shape index (κ2) is 10.7. The first-order valence-corrected chi connectivity index (χ1v) is 12.4. The summed E-state index contributed by atoms with van der Waals surface area (Å²) >= 11 is 0. The first kappa shape index (κ1) is 29.2. The zero-order chi connectivity index (χ0) is 29.5. The van der Waals surface area contributed by atoms with Crippen molar-refractivity contribution in [3.05, 3.63) is 53.9 Å². The average Bonchev–Trinajstić information content (AvgIpc) is 3.50. The smallest absolute Gasteiger partial charge is 0.342 e. The van der Waals surface area contributed by atoms with E-state index in [9.17, 15) is 39.9 Å². The van der Waals surface area contributed by atoms with Crippen LogP contribution in [-0.4, -0.2) is 99.4 Å². The number of benzene rings is 1. The Hall–Kier alpha value is -3.76. The number of ether oxygens (including phenoxy) is 3. The maximum absolute atomic E-state index is 12.5. The molecule has 1 aromatic carbocycles. The van der Waals surface area contributed by atoms with E-state index in [2.05, 4.69) is 27.2 Å². The molecule has 15 heteroatoms. The topological polar surface area (TPSA) is 235 Å². The highest BCUT2D eigenvalue weighted by molar-refractivity contribution is 5.93.